The van der Waals surface area contributed by atoms with Gasteiger partial charge in [0.05, 0.1) is 12.2 Å². The molecule has 1 heterocycles. The SMILES string of the molecule is Cc1cccc(NC2(C(=O)O)CCOC(C)(C)C2)c1. The van der Waals surface area contributed by atoms with Gasteiger partial charge in [0.25, 0.3) is 0 Å². The lowest BCUT2D eigenvalue weighted by Gasteiger charge is -2.43. The Morgan fingerprint density at radius 2 is 2.16 bits per heavy atom. The van der Waals surface area contributed by atoms with Crippen molar-refractivity contribution in [2.24, 2.45) is 0 Å². The maximum atomic E-state index is 11.7. The van der Waals surface area contributed by atoms with Crippen molar-refractivity contribution in [2.45, 2.75) is 44.8 Å². The average Bonchev–Trinajstić information content (AvgIpc) is 2.27. The molecule has 104 valence electrons. The number of aryl methyl sites for hydroxylation is 1. The van der Waals surface area contributed by atoms with Crippen molar-refractivity contribution in [2.75, 3.05) is 11.9 Å². The lowest BCUT2D eigenvalue weighted by atomic mass is 9.81. The van der Waals surface area contributed by atoms with Crippen molar-refractivity contribution in [3.8, 4) is 0 Å². The Morgan fingerprint density at radius 1 is 1.42 bits per heavy atom. The number of carboxylic acids is 1. The zero-order chi connectivity index (χ0) is 14.1. The summed E-state index contributed by atoms with van der Waals surface area (Å²) in [6, 6.07) is 7.79. The molecule has 1 saturated heterocycles. The summed E-state index contributed by atoms with van der Waals surface area (Å²) in [5, 5.41) is 12.8. The number of anilines is 1. The summed E-state index contributed by atoms with van der Waals surface area (Å²) in [6.45, 7) is 6.31. The van der Waals surface area contributed by atoms with Crippen LogP contribution in [0.4, 0.5) is 5.69 Å². The van der Waals surface area contributed by atoms with E-state index in [1.807, 2.05) is 45.0 Å². The maximum Gasteiger partial charge on any atom is 0.329 e. The van der Waals surface area contributed by atoms with Gasteiger partial charge in [0, 0.05) is 18.5 Å². The van der Waals surface area contributed by atoms with Crippen molar-refractivity contribution in [1.82, 2.24) is 0 Å². The third-order valence-electron chi connectivity index (χ3n) is 3.56. The predicted octanol–water partition coefficient (Wildman–Crippen LogP) is 2.82. The highest BCUT2D eigenvalue weighted by atomic mass is 16.5. The van der Waals surface area contributed by atoms with E-state index in [1.165, 1.54) is 0 Å². The first-order chi connectivity index (χ1) is 8.83. The second kappa shape index (κ2) is 4.85. The van der Waals surface area contributed by atoms with Gasteiger partial charge in [0.1, 0.15) is 5.54 Å². The Morgan fingerprint density at radius 3 is 2.74 bits per heavy atom. The maximum absolute atomic E-state index is 11.7. The topological polar surface area (TPSA) is 58.6 Å². The standard InChI is InChI=1S/C15H21NO3/c1-11-5-4-6-12(9-11)16-15(13(17)18)7-8-19-14(2,3)10-15/h4-6,9,16H,7-8,10H2,1-3H3,(H,17,18). The minimum absolute atomic E-state index is 0.423. The van der Waals surface area contributed by atoms with Gasteiger partial charge in [-0.05, 0) is 38.5 Å². The van der Waals surface area contributed by atoms with Crippen LogP contribution in [0.5, 0.6) is 0 Å². The van der Waals surface area contributed by atoms with Crippen LogP contribution in [0.2, 0.25) is 0 Å². The molecule has 4 nitrogen and oxygen atoms in total. The minimum atomic E-state index is -0.949. The Kier molecular flexibility index (Phi) is 3.54. The highest BCUT2D eigenvalue weighted by Crippen LogP contribution is 2.35. The van der Waals surface area contributed by atoms with Crippen LogP contribution in [0.25, 0.3) is 0 Å². The van der Waals surface area contributed by atoms with Gasteiger partial charge in [0.15, 0.2) is 0 Å². The van der Waals surface area contributed by atoms with Crippen LogP contribution in [-0.4, -0.2) is 28.8 Å². The molecular formula is C15H21NO3. The molecule has 0 aliphatic carbocycles. The summed E-state index contributed by atoms with van der Waals surface area (Å²) in [4.78, 5) is 11.7. The lowest BCUT2D eigenvalue weighted by molar-refractivity contribution is -0.152. The third kappa shape index (κ3) is 3.07. The molecule has 1 aromatic carbocycles. The van der Waals surface area contributed by atoms with Crippen LogP contribution in [-0.2, 0) is 9.53 Å². The summed E-state index contributed by atoms with van der Waals surface area (Å²) in [7, 11) is 0. The van der Waals surface area contributed by atoms with Gasteiger partial charge in [-0.25, -0.2) is 4.79 Å². The molecule has 2 rings (SSSR count). The smallest absolute Gasteiger partial charge is 0.329 e. The van der Waals surface area contributed by atoms with Crippen molar-refractivity contribution < 1.29 is 14.6 Å². The first kappa shape index (κ1) is 13.9. The minimum Gasteiger partial charge on any atom is -0.480 e. The number of hydrogen-bond donors (Lipinski definition) is 2. The summed E-state index contributed by atoms with van der Waals surface area (Å²) in [6.07, 6.45) is 0.920. The van der Waals surface area contributed by atoms with Gasteiger partial charge < -0.3 is 15.2 Å². The van der Waals surface area contributed by atoms with Crippen LogP contribution in [0, 0.1) is 6.92 Å². The molecule has 1 fully saturated rings. The number of aliphatic carboxylic acids is 1. The molecule has 1 aliphatic rings. The van der Waals surface area contributed by atoms with Crippen molar-refractivity contribution in [3.63, 3.8) is 0 Å². The summed E-state index contributed by atoms with van der Waals surface area (Å²) in [5.74, 6) is -0.814. The van der Waals surface area contributed by atoms with Crippen molar-refractivity contribution in [1.29, 1.82) is 0 Å². The normalized spacial score (nSPS) is 25.8. The van der Waals surface area contributed by atoms with E-state index in [0.29, 0.717) is 19.4 Å². The Balaban J connectivity index is 2.28. The van der Waals surface area contributed by atoms with Crippen LogP contribution in [0.15, 0.2) is 24.3 Å². The fourth-order valence-electron chi connectivity index (χ4n) is 2.71. The summed E-state index contributed by atoms with van der Waals surface area (Å²) < 4.78 is 5.63. The second-order valence-electron chi connectivity index (χ2n) is 5.92. The van der Waals surface area contributed by atoms with Gasteiger partial charge in [-0.3, -0.25) is 0 Å². The molecule has 0 spiro atoms. The van der Waals surface area contributed by atoms with Crippen LogP contribution in [0.3, 0.4) is 0 Å². The van der Waals surface area contributed by atoms with Gasteiger partial charge in [-0.2, -0.15) is 0 Å². The van der Waals surface area contributed by atoms with Crippen molar-refractivity contribution >= 4 is 11.7 Å². The Labute approximate surface area is 113 Å². The van der Waals surface area contributed by atoms with Crippen LogP contribution >= 0.6 is 0 Å². The average molecular weight is 263 g/mol. The Bertz CT molecular complexity index is 484. The zero-order valence-corrected chi connectivity index (χ0v) is 11.7. The molecule has 1 aliphatic heterocycles. The molecular weight excluding hydrogens is 242 g/mol. The van der Waals surface area contributed by atoms with E-state index >= 15 is 0 Å². The molecule has 1 unspecified atom stereocenters. The monoisotopic (exact) mass is 263 g/mol. The third-order valence-corrected chi connectivity index (χ3v) is 3.56. The number of benzene rings is 1. The quantitative estimate of drug-likeness (QED) is 0.880. The van der Waals surface area contributed by atoms with E-state index in [-0.39, 0.29) is 0 Å². The largest absolute Gasteiger partial charge is 0.480 e. The number of nitrogens with one attached hydrogen (secondary N) is 1. The molecule has 0 aromatic heterocycles. The van der Waals surface area contributed by atoms with Crippen molar-refractivity contribution in [3.05, 3.63) is 29.8 Å². The van der Waals surface area contributed by atoms with E-state index in [1.54, 1.807) is 0 Å². The predicted molar refractivity (Wildman–Crippen MR) is 74.4 cm³/mol. The number of hydrogen-bond acceptors (Lipinski definition) is 3. The molecule has 0 bridgehead atoms. The first-order valence-electron chi connectivity index (χ1n) is 6.55. The molecule has 0 amide bonds. The highest BCUT2D eigenvalue weighted by molar-refractivity contribution is 5.83. The van der Waals surface area contributed by atoms with Crippen LogP contribution in [0.1, 0.15) is 32.3 Å². The molecule has 1 aromatic rings. The molecule has 0 radical (unpaired) electrons. The van der Waals surface area contributed by atoms with E-state index in [9.17, 15) is 9.90 Å². The first-order valence-corrected chi connectivity index (χ1v) is 6.55. The molecule has 19 heavy (non-hydrogen) atoms. The molecule has 1 atom stereocenters. The fraction of sp³-hybridized carbons (Fsp3) is 0.533. The Hall–Kier alpha value is -1.55. The van der Waals surface area contributed by atoms with Gasteiger partial charge in [-0.1, -0.05) is 12.1 Å². The molecule has 0 saturated carbocycles. The number of carbonyl (C=O) groups is 1. The number of carboxylic acid groups (broad SMARTS) is 1. The zero-order valence-electron chi connectivity index (χ0n) is 11.7. The van der Waals surface area contributed by atoms with Gasteiger partial charge in [0.2, 0.25) is 0 Å². The van der Waals surface area contributed by atoms with E-state index < -0.39 is 17.1 Å². The van der Waals surface area contributed by atoms with E-state index in [2.05, 4.69) is 5.32 Å². The highest BCUT2D eigenvalue weighted by Gasteiger charge is 2.46. The molecule has 2 N–H and O–H groups in total. The number of ether oxygens (including phenoxy) is 1. The lowest BCUT2D eigenvalue weighted by Crippen LogP contribution is -2.55. The molecule has 4 heteroatoms. The second-order valence-corrected chi connectivity index (χ2v) is 5.92. The van der Waals surface area contributed by atoms with Crippen LogP contribution < -0.4 is 5.32 Å². The van der Waals surface area contributed by atoms with Gasteiger partial charge in [-0.15, -0.1) is 0 Å². The fourth-order valence-corrected chi connectivity index (χ4v) is 2.71. The van der Waals surface area contributed by atoms with Gasteiger partial charge >= 0.3 is 5.97 Å². The summed E-state index contributed by atoms with van der Waals surface area (Å²) >= 11 is 0. The number of rotatable bonds is 3. The van der Waals surface area contributed by atoms with E-state index in [4.69, 9.17) is 4.74 Å². The summed E-state index contributed by atoms with van der Waals surface area (Å²) in [5.41, 5.74) is 0.584. The van der Waals surface area contributed by atoms with E-state index in [0.717, 1.165) is 11.3 Å².